The van der Waals surface area contributed by atoms with E-state index in [1.165, 1.54) is 30.4 Å². The quantitative estimate of drug-likeness (QED) is 0.633. The minimum Gasteiger partial charge on any atom is -0.399 e. The van der Waals surface area contributed by atoms with Crippen molar-refractivity contribution in [2.75, 3.05) is 5.73 Å². The Morgan fingerprint density at radius 1 is 1.00 bits per heavy atom. The van der Waals surface area contributed by atoms with Gasteiger partial charge in [0.15, 0.2) is 0 Å². The lowest BCUT2D eigenvalue weighted by molar-refractivity contribution is 0.666. The molecule has 2 bridgehead atoms. The summed E-state index contributed by atoms with van der Waals surface area (Å²) in [6, 6.07) is 4.02. The maximum atomic E-state index is 6.24. The van der Waals surface area contributed by atoms with Gasteiger partial charge in [-0.25, -0.2) is 0 Å². The predicted octanol–water partition coefficient (Wildman–Crippen LogP) is 3.19. The van der Waals surface area contributed by atoms with Gasteiger partial charge < -0.3 is 5.73 Å². The van der Waals surface area contributed by atoms with Gasteiger partial charge in [-0.3, -0.25) is 0 Å². The third kappa shape index (κ3) is 1.80. The predicted molar refractivity (Wildman–Crippen MR) is 57.1 cm³/mol. The van der Waals surface area contributed by atoms with Crippen molar-refractivity contribution in [1.29, 1.82) is 0 Å². The maximum absolute atomic E-state index is 6.24. The number of fused-ring (bicyclic) bond motifs is 2. The minimum atomic E-state index is 0.858. The molecule has 0 unspecified atom stereocenters. The van der Waals surface area contributed by atoms with Gasteiger partial charge in [0.05, 0.1) is 0 Å². The van der Waals surface area contributed by atoms with Crippen LogP contribution in [0.1, 0.15) is 30.4 Å². The van der Waals surface area contributed by atoms with E-state index in [4.69, 9.17) is 17.3 Å². The van der Waals surface area contributed by atoms with Crippen molar-refractivity contribution in [3.8, 4) is 0 Å². The lowest BCUT2D eigenvalue weighted by Gasteiger charge is -2.14. The molecule has 0 spiro atoms. The van der Waals surface area contributed by atoms with Gasteiger partial charge in [-0.2, -0.15) is 0 Å². The van der Waals surface area contributed by atoms with Crippen molar-refractivity contribution in [3.05, 3.63) is 28.3 Å². The van der Waals surface area contributed by atoms with Crippen LogP contribution in [-0.4, -0.2) is 0 Å². The molecule has 0 radical (unpaired) electrons. The SMILES string of the molecule is Nc1cc2c(Cl)c(c1)CCCCC2. The largest absolute Gasteiger partial charge is 0.399 e. The smallest absolute Gasteiger partial charge is 0.0471 e. The van der Waals surface area contributed by atoms with Crippen LogP contribution >= 0.6 is 11.6 Å². The molecule has 2 rings (SSSR count). The number of rotatable bonds is 0. The van der Waals surface area contributed by atoms with Crippen molar-refractivity contribution < 1.29 is 0 Å². The molecule has 0 atom stereocenters. The third-order valence-electron chi connectivity index (χ3n) is 2.64. The van der Waals surface area contributed by atoms with Crippen LogP contribution in [0.5, 0.6) is 0 Å². The van der Waals surface area contributed by atoms with E-state index in [9.17, 15) is 0 Å². The average molecular weight is 196 g/mol. The molecular formula is C11H14ClN. The van der Waals surface area contributed by atoms with E-state index in [1.54, 1.807) is 0 Å². The van der Waals surface area contributed by atoms with Crippen LogP contribution in [0.25, 0.3) is 0 Å². The van der Waals surface area contributed by atoms with E-state index in [-0.39, 0.29) is 0 Å². The van der Waals surface area contributed by atoms with Gasteiger partial charge in [0.25, 0.3) is 0 Å². The summed E-state index contributed by atoms with van der Waals surface area (Å²) in [6.07, 6.45) is 5.94. The molecule has 1 nitrogen and oxygen atoms in total. The molecule has 2 N–H and O–H groups in total. The molecule has 0 amide bonds. The monoisotopic (exact) mass is 195 g/mol. The van der Waals surface area contributed by atoms with E-state index in [1.807, 2.05) is 12.1 Å². The van der Waals surface area contributed by atoms with Crippen molar-refractivity contribution in [1.82, 2.24) is 0 Å². The molecule has 2 heteroatoms. The molecule has 0 aliphatic heterocycles. The highest BCUT2D eigenvalue weighted by Gasteiger charge is 2.10. The van der Waals surface area contributed by atoms with Crippen molar-refractivity contribution in [2.24, 2.45) is 0 Å². The van der Waals surface area contributed by atoms with E-state index in [0.717, 1.165) is 23.6 Å². The van der Waals surface area contributed by atoms with E-state index < -0.39 is 0 Å². The van der Waals surface area contributed by atoms with E-state index >= 15 is 0 Å². The van der Waals surface area contributed by atoms with Crippen LogP contribution < -0.4 is 5.73 Å². The van der Waals surface area contributed by atoms with Crippen molar-refractivity contribution in [2.45, 2.75) is 32.1 Å². The van der Waals surface area contributed by atoms with Crippen molar-refractivity contribution in [3.63, 3.8) is 0 Å². The molecule has 0 heterocycles. The molecule has 0 fully saturated rings. The number of nitrogens with two attached hydrogens (primary N) is 1. The standard InChI is InChI=1S/C11H14ClN/c12-11-8-4-2-1-3-5-9(11)7-10(13)6-8/h6-7H,1-5,13H2. The van der Waals surface area contributed by atoms with Crippen LogP contribution in [-0.2, 0) is 12.8 Å². The number of nitrogen functional groups attached to an aromatic ring is 1. The van der Waals surface area contributed by atoms with Crippen molar-refractivity contribution >= 4 is 17.3 Å². The summed E-state index contributed by atoms with van der Waals surface area (Å²) < 4.78 is 0. The zero-order valence-electron chi connectivity index (χ0n) is 7.65. The number of benzene rings is 1. The summed E-state index contributed by atoms with van der Waals surface area (Å²) in [5.41, 5.74) is 9.12. The highest BCUT2D eigenvalue weighted by atomic mass is 35.5. The topological polar surface area (TPSA) is 26.0 Å². The van der Waals surface area contributed by atoms with Gasteiger partial charge in [0.2, 0.25) is 0 Å². The normalized spacial score (nSPS) is 16.4. The fourth-order valence-electron chi connectivity index (χ4n) is 1.95. The summed E-state index contributed by atoms with van der Waals surface area (Å²) in [6.45, 7) is 0. The molecular weight excluding hydrogens is 182 g/mol. The molecule has 0 saturated heterocycles. The van der Waals surface area contributed by atoms with Gasteiger partial charge >= 0.3 is 0 Å². The van der Waals surface area contributed by atoms with Crippen LogP contribution in [0.15, 0.2) is 12.1 Å². The molecule has 1 aliphatic rings. The highest BCUT2D eigenvalue weighted by Crippen LogP contribution is 2.29. The minimum absolute atomic E-state index is 0.858. The number of anilines is 1. The molecule has 0 aromatic heterocycles. The fraction of sp³-hybridized carbons (Fsp3) is 0.455. The summed E-state index contributed by atoms with van der Waals surface area (Å²) in [4.78, 5) is 0. The first-order valence-corrected chi connectivity index (χ1v) is 5.22. The Kier molecular flexibility index (Phi) is 2.45. The average Bonchev–Trinajstić information content (AvgIpc) is 2.11. The van der Waals surface area contributed by atoms with Crippen LogP contribution in [0.3, 0.4) is 0 Å². The molecule has 1 aromatic rings. The zero-order chi connectivity index (χ0) is 9.26. The summed E-state index contributed by atoms with van der Waals surface area (Å²) in [5, 5.41) is 0.953. The fourth-order valence-corrected chi connectivity index (χ4v) is 2.25. The van der Waals surface area contributed by atoms with Gasteiger partial charge in [-0.15, -0.1) is 0 Å². The first-order chi connectivity index (χ1) is 6.27. The Balaban J connectivity index is 2.48. The van der Waals surface area contributed by atoms with Crippen LogP contribution in [0.4, 0.5) is 5.69 Å². The highest BCUT2D eigenvalue weighted by molar-refractivity contribution is 6.32. The Morgan fingerprint density at radius 2 is 1.54 bits per heavy atom. The van der Waals surface area contributed by atoms with Gasteiger partial charge in [-0.05, 0) is 48.9 Å². The second-order valence-corrected chi connectivity index (χ2v) is 4.09. The molecule has 0 saturated carbocycles. The van der Waals surface area contributed by atoms with E-state index in [0.29, 0.717) is 0 Å². The van der Waals surface area contributed by atoms with Crippen LogP contribution in [0, 0.1) is 0 Å². The summed E-state index contributed by atoms with van der Waals surface area (Å²) in [7, 11) is 0. The van der Waals surface area contributed by atoms with Crippen LogP contribution in [0.2, 0.25) is 5.02 Å². The maximum Gasteiger partial charge on any atom is 0.0471 e. The number of halogens is 1. The zero-order valence-corrected chi connectivity index (χ0v) is 8.40. The number of hydrogen-bond acceptors (Lipinski definition) is 1. The van der Waals surface area contributed by atoms with E-state index in [2.05, 4.69) is 0 Å². The van der Waals surface area contributed by atoms with Gasteiger partial charge in [-0.1, -0.05) is 18.0 Å². The lowest BCUT2D eigenvalue weighted by atomic mass is 9.96. The number of hydrogen-bond donors (Lipinski definition) is 1. The second-order valence-electron chi connectivity index (χ2n) is 3.71. The van der Waals surface area contributed by atoms with Gasteiger partial charge in [0.1, 0.15) is 0 Å². The summed E-state index contributed by atoms with van der Waals surface area (Å²) >= 11 is 6.24. The third-order valence-corrected chi connectivity index (χ3v) is 3.12. The van der Waals surface area contributed by atoms with Gasteiger partial charge in [0, 0.05) is 10.7 Å². The molecule has 70 valence electrons. The number of aryl methyl sites for hydroxylation is 2. The Bertz CT molecular complexity index is 293. The summed E-state index contributed by atoms with van der Waals surface area (Å²) in [5.74, 6) is 0. The first-order valence-electron chi connectivity index (χ1n) is 4.84. The first kappa shape index (κ1) is 8.89. The second kappa shape index (κ2) is 3.59. The Hall–Kier alpha value is -0.690. The molecule has 13 heavy (non-hydrogen) atoms. The Morgan fingerprint density at radius 3 is 2.08 bits per heavy atom. The Labute approximate surface area is 83.9 Å². The lowest BCUT2D eigenvalue weighted by Crippen LogP contribution is -2.00. The molecule has 1 aromatic carbocycles. The molecule has 1 aliphatic carbocycles.